The number of hydrogen-bond acceptors (Lipinski definition) is 2. The molecule has 0 saturated heterocycles. The molecular formula is C12H16ClNO2. The summed E-state index contributed by atoms with van der Waals surface area (Å²) in [5.74, 6) is -0.0936. The van der Waals surface area contributed by atoms with Crippen LogP contribution in [0.15, 0.2) is 24.3 Å². The van der Waals surface area contributed by atoms with E-state index in [1.165, 1.54) is 0 Å². The van der Waals surface area contributed by atoms with Gasteiger partial charge in [-0.3, -0.25) is 4.79 Å². The summed E-state index contributed by atoms with van der Waals surface area (Å²) in [6.07, 6.45) is 0. The van der Waals surface area contributed by atoms with Gasteiger partial charge in [-0.15, -0.1) is 0 Å². The van der Waals surface area contributed by atoms with Crippen LogP contribution >= 0.6 is 11.6 Å². The normalized spacial score (nSPS) is 10.5. The van der Waals surface area contributed by atoms with Crippen molar-refractivity contribution in [2.45, 2.75) is 26.5 Å². The molecule has 0 aliphatic rings. The molecule has 4 heteroatoms. The molecule has 0 radical (unpaired) electrons. The van der Waals surface area contributed by atoms with Crippen LogP contribution in [0.25, 0.3) is 0 Å². The van der Waals surface area contributed by atoms with Gasteiger partial charge in [0.05, 0.1) is 6.61 Å². The van der Waals surface area contributed by atoms with Crippen molar-refractivity contribution in [3.05, 3.63) is 34.9 Å². The number of benzene rings is 1. The first-order valence-corrected chi connectivity index (χ1v) is 5.57. The van der Waals surface area contributed by atoms with Crippen molar-refractivity contribution in [1.29, 1.82) is 0 Å². The average molecular weight is 242 g/mol. The van der Waals surface area contributed by atoms with Gasteiger partial charge in [0, 0.05) is 11.1 Å². The van der Waals surface area contributed by atoms with E-state index in [0.29, 0.717) is 11.6 Å². The molecule has 1 amide bonds. The summed E-state index contributed by atoms with van der Waals surface area (Å²) in [5.41, 5.74) is 1.00. The smallest absolute Gasteiger partial charge is 0.246 e. The van der Waals surface area contributed by atoms with Gasteiger partial charge in [0.1, 0.15) is 6.61 Å². The third kappa shape index (κ3) is 5.14. The van der Waals surface area contributed by atoms with Gasteiger partial charge in [-0.05, 0) is 31.5 Å². The minimum Gasteiger partial charge on any atom is -0.367 e. The summed E-state index contributed by atoms with van der Waals surface area (Å²) in [4.78, 5) is 11.2. The zero-order valence-corrected chi connectivity index (χ0v) is 10.3. The van der Waals surface area contributed by atoms with Crippen LogP contribution in [0.5, 0.6) is 0 Å². The highest BCUT2D eigenvalue weighted by Gasteiger charge is 2.02. The predicted molar refractivity (Wildman–Crippen MR) is 64.4 cm³/mol. The van der Waals surface area contributed by atoms with Crippen molar-refractivity contribution >= 4 is 17.5 Å². The van der Waals surface area contributed by atoms with E-state index in [4.69, 9.17) is 16.3 Å². The SMILES string of the molecule is CC(C)NC(=O)COCc1ccc(Cl)cc1. The lowest BCUT2D eigenvalue weighted by Crippen LogP contribution is -2.33. The molecule has 0 atom stereocenters. The summed E-state index contributed by atoms with van der Waals surface area (Å²) in [6.45, 7) is 4.33. The van der Waals surface area contributed by atoms with Gasteiger partial charge in [-0.25, -0.2) is 0 Å². The monoisotopic (exact) mass is 241 g/mol. The van der Waals surface area contributed by atoms with Gasteiger partial charge in [0.15, 0.2) is 0 Å². The second kappa shape index (κ2) is 6.51. The van der Waals surface area contributed by atoms with E-state index in [1.807, 2.05) is 26.0 Å². The van der Waals surface area contributed by atoms with Gasteiger partial charge < -0.3 is 10.1 Å². The Hall–Kier alpha value is -1.06. The largest absolute Gasteiger partial charge is 0.367 e. The molecule has 1 N–H and O–H groups in total. The van der Waals surface area contributed by atoms with Crippen molar-refractivity contribution < 1.29 is 9.53 Å². The van der Waals surface area contributed by atoms with Gasteiger partial charge in [0.2, 0.25) is 5.91 Å². The molecule has 1 rings (SSSR count). The Balaban J connectivity index is 2.25. The number of rotatable bonds is 5. The highest BCUT2D eigenvalue weighted by molar-refractivity contribution is 6.30. The van der Waals surface area contributed by atoms with Gasteiger partial charge >= 0.3 is 0 Å². The maximum atomic E-state index is 11.2. The topological polar surface area (TPSA) is 38.3 Å². The molecule has 88 valence electrons. The molecule has 0 aliphatic carbocycles. The minimum absolute atomic E-state index is 0.0841. The van der Waals surface area contributed by atoms with Crippen molar-refractivity contribution in [2.75, 3.05) is 6.61 Å². The van der Waals surface area contributed by atoms with Crippen molar-refractivity contribution in [1.82, 2.24) is 5.32 Å². The quantitative estimate of drug-likeness (QED) is 0.860. The average Bonchev–Trinajstić information content (AvgIpc) is 2.20. The number of ether oxygens (including phenoxy) is 1. The fraction of sp³-hybridized carbons (Fsp3) is 0.417. The maximum absolute atomic E-state index is 11.2. The lowest BCUT2D eigenvalue weighted by molar-refractivity contribution is -0.126. The first kappa shape index (κ1) is 13.0. The Morgan fingerprint density at radius 3 is 2.56 bits per heavy atom. The minimum atomic E-state index is -0.0936. The van der Waals surface area contributed by atoms with Crippen LogP contribution in [0, 0.1) is 0 Å². The maximum Gasteiger partial charge on any atom is 0.246 e. The zero-order chi connectivity index (χ0) is 12.0. The summed E-state index contributed by atoms with van der Waals surface area (Å²) >= 11 is 5.75. The van der Waals surface area contributed by atoms with E-state index >= 15 is 0 Å². The number of halogens is 1. The molecule has 1 aromatic rings. The van der Waals surface area contributed by atoms with E-state index < -0.39 is 0 Å². The molecule has 0 spiro atoms. The molecule has 16 heavy (non-hydrogen) atoms. The predicted octanol–water partition coefficient (Wildman–Crippen LogP) is 2.38. The molecule has 0 bridgehead atoms. The van der Waals surface area contributed by atoms with Gasteiger partial charge in [-0.1, -0.05) is 23.7 Å². The molecule has 0 unspecified atom stereocenters. The molecule has 0 saturated carbocycles. The Bertz CT molecular complexity index is 335. The summed E-state index contributed by atoms with van der Waals surface area (Å²) in [5, 5.41) is 3.45. The van der Waals surface area contributed by atoms with Crippen LogP contribution in [0.3, 0.4) is 0 Å². The van der Waals surface area contributed by atoms with E-state index in [2.05, 4.69) is 5.32 Å². The lowest BCUT2D eigenvalue weighted by Gasteiger charge is -2.08. The Morgan fingerprint density at radius 2 is 2.00 bits per heavy atom. The van der Waals surface area contributed by atoms with Crippen LogP contribution in [-0.4, -0.2) is 18.6 Å². The number of nitrogens with one attached hydrogen (secondary N) is 1. The van der Waals surface area contributed by atoms with Crippen molar-refractivity contribution in [3.8, 4) is 0 Å². The lowest BCUT2D eigenvalue weighted by atomic mass is 10.2. The number of carbonyl (C=O) groups excluding carboxylic acids is 1. The van der Waals surface area contributed by atoms with Crippen LogP contribution in [0.2, 0.25) is 5.02 Å². The van der Waals surface area contributed by atoms with E-state index in [9.17, 15) is 4.79 Å². The first-order chi connectivity index (χ1) is 7.58. The Labute approximate surface area is 101 Å². The van der Waals surface area contributed by atoms with Crippen LogP contribution in [0.1, 0.15) is 19.4 Å². The standard InChI is InChI=1S/C12H16ClNO2/c1-9(2)14-12(15)8-16-7-10-3-5-11(13)6-4-10/h3-6,9H,7-8H2,1-2H3,(H,14,15). The second-order valence-electron chi connectivity index (χ2n) is 3.84. The fourth-order valence-electron chi connectivity index (χ4n) is 1.21. The molecule has 0 heterocycles. The van der Waals surface area contributed by atoms with E-state index in [0.717, 1.165) is 5.56 Å². The van der Waals surface area contributed by atoms with Gasteiger partial charge in [0.25, 0.3) is 0 Å². The van der Waals surface area contributed by atoms with Crippen LogP contribution in [0.4, 0.5) is 0 Å². The third-order valence-corrected chi connectivity index (χ3v) is 2.12. The van der Waals surface area contributed by atoms with Crippen molar-refractivity contribution in [3.63, 3.8) is 0 Å². The Kier molecular flexibility index (Phi) is 5.29. The molecule has 0 aromatic heterocycles. The number of hydrogen-bond donors (Lipinski definition) is 1. The fourth-order valence-corrected chi connectivity index (χ4v) is 1.33. The number of carbonyl (C=O) groups is 1. The summed E-state index contributed by atoms with van der Waals surface area (Å²) in [6, 6.07) is 7.50. The molecular weight excluding hydrogens is 226 g/mol. The molecule has 0 fully saturated rings. The highest BCUT2D eigenvalue weighted by atomic mass is 35.5. The van der Waals surface area contributed by atoms with E-state index in [1.54, 1.807) is 12.1 Å². The van der Waals surface area contributed by atoms with Gasteiger partial charge in [-0.2, -0.15) is 0 Å². The number of amides is 1. The summed E-state index contributed by atoms with van der Waals surface area (Å²) < 4.78 is 5.27. The molecule has 3 nitrogen and oxygen atoms in total. The summed E-state index contributed by atoms with van der Waals surface area (Å²) in [7, 11) is 0. The third-order valence-electron chi connectivity index (χ3n) is 1.86. The second-order valence-corrected chi connectivity index (χ2v) is 4.28. The molecule has 0 aliphatic heterocycles. The highest BCUT2D eigenvalue weighted by Crippen LogP contribution is 2.09. The zero-order valence-electron chi connectivity index (χ0n) is 9.50. The van der Waals surface area contributed by atoms with Crippen LogP contribution in [-0.2, 0) is 16.1 Å². The first-order valence-electron chi connectivity index (χ1n) is 5.19. The molecule has 1 aromatic carbocycles. The van der Waals surface area contributed by atoms with E-state index in [-0.39, 0.29) is 18.6 Å². The Morgan fingerprint density at radius 1 is 1.38 bits per heavy atom. The van der Waals surface area contributed by atoms with Crippen molar-refractivity contribution in [2.24, 2.45) is 0 Å². The van der Waals surface area contributed by atoms with Crippen LogP contribution < -0.4 is 5.32 Å².